The highest BCUT2D eigenvalue weighted by Crippen LogP contribution is 2.28. The molecule has 130 valence electrons. The van der Waals surface area contributed by atoms with E-state index in [0.717, 1.165) is 30.6 Å². The number of ether oxygens (including phenoxy) is 2. The van der Waals surface area contributed by atoms with Crippen LogP contribution in [0.25, 0.3) is 0 Å². The van der Waals surface area contributed by atoms with E-state index in [1.165, 1.54) is 19.3 Å². The molecule has 0 unspecified atom stereocenters. The van der Waals surface area contributed by atoms with Crippen LogP contribution in [-0.2, 0) is 11.3 Å². The maximum Gasteiger partial charge on any atom is 0.220 e. The Morgan fingerprint density at radius 2 is 1.83 bits per heavy atom. The van der Waals surface area contributed by atoms with E-state index >= 15 is 0 Å². The van der Waals surface area contributed by atoms with Crippen molar-refractivity contribution in [1.29, 1.82) is 0 Å². The van der Waals surface area contributed by atoms with Gasteiger partial charge in [0.1, 0.15) is 0 Å². The monoisotopic (exact) mass is 321 g/mol. The Morgan fingerprint density at radius 1 is 1.04 bits per heavy atom. The smallest absolute Gasteiger partial charge is 0.220 e. The summed E-state index contributed by atoms with van der Waals surface area (Å²) in [6, 6.07) is 5.79. The number of hydrogen-bond donors (Lipinski definition) is 1. The van der Waals surface area contributed by atoms with Crippen LogP contribution in [0.5, 0.6) is 11.5 Å². The van der Waals surface area contributed by atoms with E-state index in [2.05, 4.69) is 19.2 Å². The van der Waals surface area contributed by atoms with Gasteiger partial charge in [0.2, 0.25) is 5.91 Å². The van der Waals surface area contributed by atoms with Crippen LogP contribution in [0, 0.1) is 0 Å². The second kappa shape index (κ2) is 11.8. The number of amides is 1. The van der Waals surface area contributed by atoms with Gasteiger partial charge in [0.15, 0.2) is 11.5 Å². The molecule has 0 atom stereocenters. The molecule has 0 heterocycles. The van der Waals surface area contributed by atoms with E-state index in [1.807, 2.05) is 18.2 Å². The molecule has 0 aliphatic heterocycles. The Balaban J connectivity index is 2.37. The van der Waals surface area contributed by atoms with Crippen LogP contribution in [0.15, 0.2) is 18.2 Å². The first-order valence-electron chi connectivity index (χ1n) is 8.77. The molecule has 0 radical (unpaired) electrons. The summed E-state index contributed by atoms with van der Waals surface area (Å²) in [5, 5.41) is 2.97. The third kappa shape index (κ3) is 7.91. The van der Waals surface area contributed by atoms with Gasteiger partial charge in [-0.3, -0.25) is 4.79 Å². The summed E-state index contributed by atoms with van der Waals surface area (Å²) in [5.74, 6) is 1.58. The molecule has 0 aromatic heterocycles. The number of methoxy groups -OCH3 is 1. The lowest BCUT2D eigenvalue weighted by molar-refractivity contribution is -0.121. The van der Waals surface area contributed by atoms with Gasteiger partial charge < -0.3 is 14.8 Å². The first-order valence-corrected chi connectivity index (χ1v) is 8.77. The topological polar surface area (TPSA) is 47.6 Å². The molecule has 1 amide bonds. The maximum atomic E-state index is 11.8. The van der Waals surface area contributed by atoms with Crippen molar-refractivity contribution in [2.24, 2.45) is 0 Å². The Kier molecular flexibility index (Phi) is 9.92. The Labute approximate surface area is 140 Å². The van der Waals surface area contributed by atoms with Gasteiger partial charge in [0.25, 0.3) is 0 Å². The number of carbonyl (C=O) groups excluding carboxylic acids is 1. The van der Waals surface area contributed by atoms with Gasteiger partial charge in [-0.25, -0.2) is 0 Å². The normalized spacial score (nSPS) is 10.4. The standard InChI is InChI=1S/C19H31NO3/c1-4-6-7-8-9-10-19(21)20-15-16-11-12-17(23-13-5-2)18(14-16)22-3/h11-12,14H,4-10,13,15H2,1-3H3,(H,20,21). The molecule has 0 saturated carbocycles. The third-order valence-electron chi connectivity index (χ3n) is 3.69. The highest BCUT2D eigenvalue weighted by Gasteiger charge is 2.07. The van der Waals surface area contributed by atoms with Crippen molar-refractivity contribution in [3.05, 3.63) is 23.8 Å². The minimum absolute atomic E-state index is 0.117. The van der Waals surface area contributed by atoms with Crippen LogP contribution in [0.1, 0.15) is 64.4 Å². The molecular formula is C19H31NO3. The van der Waals surface area contributed by atoms with E-state index in [1.54, 1.807) is 7.11 Å². The molecule has 0 fully saturated rings. The lowest BCUT2D eigenvalue weighted by atomic mass is 10.1. The molecule has 4 heteroatoms. The van der Waals surface area contributed by atoms with Gasteiger partial charge in [0, 0.05) is 13.0 Å². The SMILES string of the molecule is CCCCCCCC(=O)NCc1ccc(OCCC)c(OC)c1. The zero-order chi connectivity index (χ0) is 16.9. The second-order valence-electron chi connectivity index (χ2n) is 5.77. The van der Waals surface area contributed by atoms with Crippen LogP contribution in [0.2, 0.25) is 0 Å². The molecular weight excluding hydrogens is 290 g/mol. The van der Waals surface area contributed by atoms with Crippen LogP contribution < -0.4 is 14.8 Å². The summed E-state index contributed by atoms with van der Waals surface area (Å²) in [6.45, 7) is 5.46. The maximum absolute atomic E-state index is 11.8. The third-order valence-corrected chi connectivity index (χ3v) is 3.69. The van der Waals surface area contributed by atoms with E-state index in [0.29, 0.717) is 25.3 Å². The van der Waals surface area contributed by atoms with Crippen LogP contribution >= 0.6 is 0 Å². The predicted octanol–water partition coefficient (Wildman–Crippen LogP) is 4.46. The van der Waals surface area contributed by atoms with Crippen molar-refractivity contribution in [3.63, 3.8) is 0 Å². The highest BCUT2D eigenvalue weighted by molar-refractivity contribution is 5.75. The zero-order valence-electron chi connectivity index (χ0n) is 14.8. The largest absolute Gasteiger partial charge is 0.493 e. The van der Waals surface area contributed by atoms with Crippen molar-refractivity contribution in [3.8, 4) is 11.5 Å². The number of unbranched alkanes of at least 4 members (excludes halogenated alkanes) is 4. The lowest BCUT2D eigenvalue weighted by Gasteiger charge is -2.12. The summed E-state index contributed by atoms with van der Waals surface area (Å²) in [6.07, 6.45) is 7.38. The summed E-state index contributed by atoms with van der Waals surface area (Å²) >= 11 is 0. The lowest BCUT2D eigenvalue weighted by Crippen LogP contribution is -2.22. The van der Waals surface area contributed by atoms with Gasteiger partial charge in [-0.2, -0.15) is 0 Å². The fourth-order valence-corrected chi connectivity index (χ4v) is 2.33. The number of hydrogen-bond acceptors (Lipinski definition) is 3. The number of nitrogens with one attached hydrogen (secondary N) is 1. The first-order chi connectivity index (χ1) is 11.2. The molecule has 1 aromatic carbocycles. The van der Waals surface area contributed by atoms with Crippen LogP contribution in [0.3, 0.4) is 0 Å². The highest BCUT2D eigenvalue weighted by atomic mass is 16.5. The average molecular weight is 321 g/mol. The van der Waals surface area contributed by atoms with E-state index < -0.39 is 0 Å². The molecule has 1 rings (SSSR count). The molecule has 0 aliphatic rings. The summed E-state index contributed by atoms with van der Waals surface area (Å²) in [5.41, 5.74) is 1.02. The van der Waals surface area contributed by atoms with Crippen molar-refractivity contribution >= 4 is 5.91 Å². The van der Waals surface area contributed by atoms with Crippen molar-refractivity contribution in [1.82, 2.24) is 5.32 Å². The molecule has 1 aromatic rings. The fourth-order valence-electron chi connectivity index (χ4n) is 2.33. The van der Waals surface area contributed by atoms with Gasteiger partial charge >= 0.3 is 0 Å². The average Bonchev–Trinajstić information content (AvgIpc) is 2.58. The van der Waals surface area contributed by atoms with Gasteiger partial charge in [0.05, 0.1) is 13.7 Å². The first kappa shape index (κ1) is 19.3. The molecule has 0 bridgehead atoms. The molecule has 0 aliphatic carbocycles. The minimum atomic E-state index is 0.117. The van der Waals surface area contributed by atoms with E-state index in [-0.39, 0.29) is 5.91 Å². The van der Waals surface area contributed by atoms with Crippen LogP contribution in [0.4, 0.5) is 0 Å². The van der Waals surface area contributed by atoms with Crippen LogP contribution in [-0.4, -0.2) is 19.6 Å². The number of rotatable bonds is 12. The molecule has 23 heavy (non-hydrogen) atoms. The van der Waals surface area contributed by atoms with E-state index in [4.69, 9.17) is 9.47 Å². The van der Waals surface area contributed by atoms with Gasteiger partial charge in [-0.15, -0.1) is 0 Å². The second-order valence-corrected chi connectivity index (χ2v) is 5.77. The molecule has 1 N–H and O–H groups in total. The molecule has 0 saturated heterocycles. The number of benzene rings is 1. The Morgan fingerprint density at radius 3 is 2.52 bits per heavy atom. The fraction of sp³-hybridized carbons (Fsp3) is 0.632. The molecule has 0 spiro atoms. The quantitative estimate of drug-likeness (QED) is 0.578. The van der Waals surface area contributed by atoms with Gasteiger partial charge in [-0.05, 0) is 30.5 Å². The molecule has 4 nitrogen and oxygen atoms in total. The Hall–Kier alpha value is -1.71. The van der Waals surface area contributed by atoms with Crippen molar-refractivity contribution in [2.75, 3.05) is 13.7 Å². The van der Waals surface area contributed by atoms with Crippen molar-refractivity contribution < 1.29 is 14.3 Å². The summed E-state index contributed by atoms with van der Waals surface area (Å²) in [7, 11) is 1.63. The Bertz CT molecular complexity index is 460. The minimum Gasteiger partial charge on any atom is -0.493 e. The van der Waals surface area contributed by atoms with E-state index in [9.17, 15) is 4.79 Å². The van der Waals surface area contributed by atoms with Crippen molar-refractivity contribution in [2.45, 2.75) is 65.3 Å². The zero-order valence-corrected chi connectivity index (χ0v) is 14.8. The number of carbonyl (C=O) groups is 1. The van der Waals surface area contributed by atoms with Gasteiger partial charge in [-0.1, -0.05) is 45.6 Å². The summed E-state index contributed by atoms with van der Waals surface area (Å²) in [4.78, 5) is 11.8. The summed E-state index contributed by atoms with van der Waals surface area (Å²) < 4.78 is 11.0. The predicted molar refractivity (Wildman–Crippen MR) is 94.0 cm³/mol.